The Kier molecular flexibility index (Phi) is 3.59. The predicted octanol–water partition coefficient (Wildman–Crippen LogP) is 3.72. The van der Waals surface area contributed by atoms with Crippen molar-refractivity contribution in [2.24, 2.45) is 0 Å². The van der Waals surface area contributed by atoms with Crippen LogP contribution in [0.2, 0.25) is 0 Å². The van der Waals surface area contributed by atoms with Crippen LogP contribution in [0, 0.1) is 0 Å². The number of nitrogens with zero attached hydrogens (tertiary/aromatic N) is 4. The lowest BCUT2D eigenvalue weighted by Gasteiger charge is -2.19. The Morgan fingerprint density at radius 3 is 2.86 bits per heavy atom. The van der Waals surface area contributed by atoms with Crippen molar-refractivity contribution >= 4 is 11.0 Å². The van der Waals surface area contributed by atoms with E-state index in [1.165, 1.54) is 18.7 Å². The SMILES string of the molecule is CCCC(n1cc(-c2ncnc3[nH]ccc23)cn1)C(F)(F)F. The molecule has 3 aromatic heterocycles. The molecular weight excluding hydrogens is 295 g/mol. The largest absolute Gasteiger partial charge is 0.410 e. The second-order valence-electron chi connectivity index (χ2n) is 5.02. The van der Waals surface area contributed by atoms with Gasteiger partial charge in [0.2, 0.25) is 0 Å². The van der Waals surface area contributed by atoms with Gasteiger partial charge in [-0.1, -0.05) is 13.3 Å². The molecule has 1 atom stereocenters. The van der Waals surface area contributed by atoms with Crippen molar-refractivity contribution in [3.8, 4) is 11.3 Å². The Morgan fingerprint density at radius 2 is 2.14 bits per heavy atom. The molecule has 3 aromatic rings. The molecule has 0 aromatic carbocycles. The summed E-state index contributed by atoms with van der Waals surface area (Å²) in [6.45, 7) is 1.72. The topological polar surface area (TPSA) is 59.4 Å². The van der Waals surface area contributed by atoms with Crippen LogP contribution in [0.15, 0.2) is 31.0 Å². The molecule has 0 saturated heterocycles. The maximum Gasteiger partial charge on any atom is 0.410 e. The first-order valence-corrected chi connectivity index (χ1v) is 6.90. The van der Waals surface area contributed by atoms with Crippen molar-refractivity contribution in [1.82, 2.24) is 24.7 Å². The molecule has 0 aliphatic rings. The molecule has 8 heteroatoms. The van der Waals surface area contributed by atoms with Gasteiger partial charge in [0.1, 0.15) is 18.0 Å². The second-order valence-corrected chi connectivity index (χ2v) is 5.02. The number of rotatable bonds is 4. The number of H-pyrrole nitrogens is 1. The van der Waals surface area contributed by atoms with Gasteiger partial charge in [0.25, 0.3) is 0 Å². The lowest BCUT2D eigenvalue weighted by Crippen LogP contribution is -2.26. The van der Waals surface area contributed by atoms with E-state index in [9.17, 15) is 13.2 Å². The zero-order valence-electron chi connectivity index (χ0n) is 11.8. The number of fused-ring (bicyclic) bond motifs is 1. The zero-order valence-corrected chi connectivity index (χ0v) is 11.8. The van der Waals surface area contributed by atoms with Crippen LogP contribution in [0.4, 0.5) is 13.2 Å². The van der Waals surface area contributed by atoms with Crippen LogP contribution in [-0.2, 0) is 0 Å². The lowest BCUT2D eigenvalue weighted by molar-refractivity contribution is -0.172. The summed E-state index contributed by atoms with van der Waals surface area (Å²) in [5.74, 6) is 0. The highest BCUT2D eigenvalue weighted by molar-refractivity contribution is 5.89. The quantitative estimate of drug-likeness (QED) is 0.799. The van der Waals surface area contributed by atoms with E-state index in [1.54, 1.807) is 19.2 Å². The summed E-state index contributed by atoms with van der Waals surface area (Å²) in [6, 6.07) is 0.171. The van der Waals surface area contributed by atoms with Crippen LogP contribution in [-0.4, -0.2) is 30.9 Å². The summed E-state index contributed by atoms with van der Waals surface area (Å²) in [5.41, 5.74) is 1.74. The normalized spacial score (nSPS) is 13.6. The van der Waals surface area contributed by atoms with Crippen molar-refractivity contribution in [3.05, 3.63) is 31.0 Å². The molecule has 0 fully saturated rings. The number of hydrogen-bond donors (Lipinski definition) is 1. The summed E-state index contributed by atoms with van der Waals surface area (Å²) in [7, 11) is 0. The van der Waals surface area contributed by atoms with E-state index in [-0.39, 0.29) is 6.42 Å². The Morgan fingerprint density at radius 1 is 1.32 bits per heavy atom. The minimum Gasteiger partial charge on any atom is -0.346 e. The minimum atomic E-state index is -4.33. The summed E-state index contributed by atoms with van der Waals surface area (Å²) in [5, 5.41) is 4.65. The molecule has 0 saturated carbocycles. The van der Waals surface area contributed by atoms with Crippen LogP contribution in [0.3, 0.4) is 0 Å². The average Bonchev–Trinajstić information content (AvgIpc) is 3.11. The van der Waals surface area contributed by atoms with Crippen molar-refractivity contribution in [1.29, 1.82) is 0 Å². The Balaban J connectivity index is 2.01. The van der Waals surface area contributed by atoms with Crippen LogP contribution < -0.4 is 0 Å². The fourth-order valence-corrected chi connectivity index (χ4v) is 2.45. The highest BCUT2D eigenvalue weighted by Gasteiger charge is 2.40. The van der Waals surface area contributed by atoms with Crippen LogP contribution in [0.25, 0.3) is 22.3 Å². The molecule has 5 nitrogen and oxygen atoms in total. The summed E-state index contributed by atoms with van der Waals surface area (Å²) in [4.78, 5) is 11.2. The molecule has 0 bridgehead atoms. The number of aromatic amines is 1. The molecule has 0 aliphatic heterocycles. The van der Waals surface area contributed by atoms with Crippen molar-refractivity contribution in [2.45, 2.75) is 32.0 Å². The Bertz CT molecular complexity index is 774. The first-order valence-electron chi connectivity index (χ1n) is 6.90. The Labute approximate surface area is 124 Å². The van der Waals surface area contributed by atoms with E-state index in [0.29, 0.717) is 23.3 Å². The average molecular weight is 309 g/mol. The highest BCUT2D eigenvalue weighted by Crippen LogP contribution is 2.35. The van der Waals surface area contributed by atoms with E-state index >= 15 is 0 Å². The van der Waals surface area contributed by atoms with Gasteiger partial charge in [-0.2, -0.15) is 18.3 Å². The Hall–Kier alpha value is -2.38. The van der Waals surface area contributed by atoms with E-state index in [2.05, 4.69) is 20.1 Å². The molecule has 22 heavy (non-hydrogen) atoms. The number of halogens is 3. The molecule has 1 unspecified atom stereocenters. The van der Waals surface area contributed by atoms with Gasteiger partial charge < -0.3 is 4.98 Å². The third kappa shape index (κ3) is 2.56. The summed E-state index contributed by atoms with van der Waals surface area (Å²) < 4.78 is 40.3. The van der Waals surface area contributed by atoms with Gasteiger partial charge in [0.05, 0.1) is 11.9 Å². The highest BCUT2D eigenvalue weighted by atomic mass is 19.4. The van der Waals surface area contributed by atoms with Gasteiger partial charge in [-0.15, -0.1) is 0 Å². The molecule has 3 rings (SSSR count). The molecule has 0 spiro atoms. The van der Waals surface area contributed by atoms with E-state index < -0.39 is 12.2 Å². The van der Waals surface area contributed by atoms with Crippen molar-refractivity contribution in [2.75, 3.05) is 0 Å². The number of nitrogens with one attached hydrogen (secondary N) is 1. The minimum absolute atomic E-state index is 0.00599. The molecule has 1 N–H and O–H groups in total. The smallest absolute Gasteiger partial charge is 0.346 e. The van der Waals surface area contributed by atoms with E-state index in [1.807, 2.05) is 0 Å². The van der Waals surface area contributed by atoms with E-state index in [4.69, 9.17) is 0 Å². The maximum absolute atomic E-state index is 13.1. The number of hydrogen-bond acceptors (Lipinski definition) is 3. The first-order chi connectivity index (χ1) is 10.5. The molecule has 0 aliphatic carbocycles. The van der Waals surface area contributed by atoms with Crippen LogP contribution >= 0.6 is 0 Å². The molecule has 3 heterocycles. The number of aromatic nitrogens is 5. The van der Waals surface area contributed by atoms with Crippen LogP contribution in [0.1, 0.15) is 25.8 Å². The van der Waals surface area contributed by atoms with Crippen molar-refractivity contribution < 1.29 is 13.2 Å². The first kappa shape index (κ1) is 14.6. The maximum atomic E-state index is 13.1. The standard InChI is InChI=1S/C14H14F3N5/c1-2-3-11(14(15,16)17)22-7-9(6-21-22)12-10-4-5-18-13(10)20-8-19-12/h4-8,11H,2-3H2,1H3,(H,18,19,20). The lowest BCUT2D eigenvalue weighted by atomic mass is 10.1. The molecule has 0 amide bonds. The van der Waals surface area contributed by atoms with Gasteiger partial charge >= 0.3 is 6.18 Å². The van der Waals surface area contributed by atoms with E-state index in [0.717, 1.165) is 10.1 Å². The van der Waals surface area contributed by atoms with Gasteiger partial charge in [-0.3, -0.25) is 4.68 Å². The molecule has 0 radical (unpaired) electrons. The van der Waals surface area contributed by atoms with Gasteiger partial charge in [-0.05, 0) is 12.5 Å². The van der Waals surface area contributed by atoms with Gasteiger partial charge in [0, 0.05) is 23.3 Å². The fraction of sp³-hybridized carbons (Fsp3) is 0.357. The van der Waals surface area contributed by atoms with Crippen molar-refractivity contribution in [3.63, 3.8) is 0 Å². The molecule has 116 valence electrons. The summed E-state index contributed by atoms with van der Waals surface area (Å²) in [6.07, 6.45) is 1.98. The van der Waals surface area contributed by atoms with Gasteiger partial charge in [-0.25, -0.2) is 9.97 Å². The molecular formula is C14H14F3N5. The fourth-order valence-electron chi connectivity index (χ4n) is 2.45. The van der Waals surface area contributed by atoms with Gasteiger partial charge in [0.15, 0.2) is 0 Å². The zero-order chi connectivity index (χ0) is 15.7. The monoisotopic (exact) mass is 309 g/mol. The predicted molar refractivity (Wildman–Crippen MR) is 75.1 cm³/mol. The second kappa shape index (κ2) is 5.43. The van der Waals surface area contributed by atoms with Crippen LogP contribution in [0.5, 0.6) is 0 Å². The number of alkyl halides is 3. The third-order valence-electron chi connectivity index (χ3n) is 3.49. The summed E-state index contributed by atoms with van der Waals surface area (Å²) >= 11 is 0. The third-order valence-corrected chi connectivity index (χ3v) is 3.49.